The molecule has 9 heteroatoms. The molecule has 0 spiro atoms. The normalized spacial score (nSPS) is 20.1. The number of aromatic nitrogens is 4. The molecule has 0 bridgehead atoms. The largest absolute Gasteiger partial charge is 0.467 e. The molecule has 3 heterocycles. The number of nitrogens with zero attached hydrogens (tertiary/aromatic N) is 4. The van der Waals surface area contributed by atoms with E-state index in [-0.39, 0.29) is 11.9 Å². The summed E-state index contributed by atoms with van der Waals surface area (Å²) in [5, 5.41) is 4.48. The zero-order chi connectivity index (χ0) is 24.6. The van der Waals surface area contributed by atoms with E-state index in [2.05, 4.69) is 26.0 Å². The molecule has 0 radical (unpaired) electrons. The van der Waals surface area contributed by atoms with Crippen LogP contribution in [0.2, 0.25) is 0 Å². The summed E-state index contributed by atoms with van der Waals surface area (Å²) in [6, 6.07) is 14.1. The molecule has 0 amide bonds. The zero-order valence-electron chi connectivity index (χ0n) is 19.6. The van der Waals surface area contributed by atoms with Crippen LogP contribution in [0.25, 0.3) is 28.0 Å². The molecule has 0 unspecified atom stereocenters. The predicted molar refractivity (Wildman–Crippen MR) is 137 cm³/mol. The van der Waals surface area contributed by atoms with E-state index in [1.807, 2.05) is 48.7 Å². The van der Waals surface area contributed by atoms with Gasteiger partial charge in [0.25, 0.3) is 0 Å². The molecular formula is C26H26BrN5O3. The predicted octanol–water partition coefficient (Wildman–Crippen LogP) is 5.02. The number of rotatable bonds is 5. The Morgan fingerprint density at radius 3 is 2.46 bits per heavy atom. The van der Waals surface area contributed by atoms with Crippen molar-refractivity contribution in [1.29, 1.82) is 0 Å². The zero-order valence-corrected chi connectivity index (χ0v) is 21.2. The summed E-state index contributed by atoms with van der Waals surface area (Å²) < 4.78 is 13.0. The molecule has 1 aliphatic rings. The SMILES string of the molecule is COC(=O)[C@]1(OC)CC[C@@H](c2nc3c(-c4ccc(-c5ccccc5)nc4)cnn3c(N)c2Br)CC1. The smallest absolute Gasteiger partial charge is 0.338 e. The lowest BCUT2D eigenvalue weighted by Gasteiger charge is -2.36. The lowest BCUT2D eigenvalue weighted by molar-refractivity contribution is -0.170. The molecule has 1 aliphatic carbocycles. The number of pyridine rings is 1. The van der Waals surface area contributed by atoms with Gasteiger partial charge < -0.3 is 15.2 Å². The maximum atomic E-state index is 12.3. The molecule has 0 aliphatic heterocycles. The van der Waals surface area contributed by atoms with E-state index in [0.29, 0.717) is 24.3 Å². The van der Waals surface area contributed by atoms with Gasteiger partial charge in [-0.1, -0.05) is 36.4 Å². The van der Waals surface area contributed by atoms with Crippen molar-refractivity contribution in [1.82, 2.24) is 19.6 Å². The molecule has 2 N–H and O–H groups in total. The molecule has 1 saturated carbocycles. The quantitative estimate of drug-likeness (QED) is 0.357. The van der Waals surface area contributed by atoms with Crippen molar-refractivity contribution in [3.63, 3.8) is 0 Å². The van der Waals surface area contributed by atoms with Crippen molar-refractivity contribution in [2.24, 2.45) is 0 Å². The topological polar surface area (TPSA) is 105 Å². The number of carbonyl (C=O) groups is 1. The fourth-order valence-corrected chi connectivity index (χ4v) is 5.44. The summed E-state index contributed by atoms with van der Waals surface area (Å²) in [7, 11) is 2.95. The van der Waals surface area contributed by atoms with Crippen LogP contribution in [-0.2, 0) is 14.3 Å². The molecule has 0 saturated heterocycles. The molecule has 1 aromatic carbocycles. The lowest BCUT2D eigenvalue weighted by atomic mass is 9.77. The molecule has 5 rings (SSSR count). The monoisotopic (exact) mass is 535 g/mol. The van der Waals surface area contributed by atoms with Crippen molar-refractivity contribution in [2.75, 3.05) is 20.0 Å². The lowest BCUT2D eigenvalue weighted by Crippen LogP contribution is -2.44. The first kappa shape index (κ1) is 23.4. The van der Waals surface area contributed by atoms with Gasteiger partial charge in [-0.2, -0.15) is 9.61 Å². The van der Waals surface area contributed by atoms with Gasteiger partial charge in [0, 0.05) is 35.9 Å². The van der Waals surface area contributed by atoms with E-state index < -0.39 is 5.60 Å². The summed E-state index contributed by atoms with van der Waals surface area (Å²) in [6.45, 7) is 0. The van der Waals surface area contributed by atoms with Gasteiger partial charge in [-0.3, -0.25) is 4.98 Å². The second kappa shape index (κ2) is 9.39. The van der Waals surface area contributed by atoms with Gasteiger partial charge in [0.15, 0.2) is 11.2 Å². The number of halogens is 1. The Labute approximate surface area is 211 Å². The Bertz CT molecular complexity index is 1360. The van der Waals surface area contributed by atoms with Crippen molar-refractivity contribution in [3.05, 3.63) is 65.0 Å². The number of carbonyl (C=O) groups excluding carboxylic acids is 1. The Kier molecular flexibility index (Phi) is 6.29. The van der Waals surface area contributed by atoms with Crippen LogP contribution < -0.4 is 5.73 Å². The second-order valence-electron chi connectivity index (χ2n) is 8.75. The van der Waals surface area contributed by atoms with Crippen LogP contribution in [0.5, 0.6) is 0 Å². The van der Waals surface area contributed by atoms with Crippen LogP contribution in [0.15, 0.2) is 59.3 Å². The first-order valence-corrected chi connectivity index (χ1v) is 12.2. The molecule has 180 valence electrons. The van der Waals surface area contributed by atoms with Gasteiger partial charge in [-0.25, -0.2) is 9.78 Å². The summed E-state index contributed by atoms with van der Waals surface area (Å²) >= 11 is 3.64. The third-order valence-corrected chi connectivity index (χ3v) is 7.73. The third-order valence-electron chi connectivity index (χ3n) is 6.92. The van der Waals surface area contributed by atoms with E-state index in [0.717, 1.165) is 45.4 Å². The molecule has 1 fully saturated rings. The number of methoxy groups -OCH3 is 2. The highest BCUT2D eigenvalue weighted by Gasteiger charge is 2.44. The number of anilines is 1. The fraction of sp³-hybridized carbons (Fsp3) is 0.308. The Morgan fingerprint density at radius 1 is 1.09 bits per heavy atom. The minimum atomic E-state index is -0.901. The number of hydrogen-bond donors (Lipinski definition) is 1. The number of benzene rings is 1. The number of nitrogens with two attached hydrogens (primary N) is 1. The highest BCUT2D eigenvalue weighted by atomic mass is 79.9. The highest BCUT2D eigenvalue weighted by molar-refractivity contribution is 9.10. The molecule has 8 nitrogen and oxygen atoms in total. The minimum Gasteiger partial charge on any atom is -0.467 e. The third kappa shape index (κ3) is 4.08. The fourth-order valence-electron chi connectivity index (χ4n) is 4.86. The molecule has 3 aromatic heterocycles. The molecule has 0 atom stereocenters. The Morgan fingerprint density at radius 2 is 1.83 bits per heavy atom. The van der Waals surface area contributed by atoms with Crippen LogP contribution in [0.1, 0.15) is 37.3 Å². The summed E-state index contributed by atoms with van der Waals surface area (Å²) in [5.74, 6) is 0.276. The van der Waals surface area contributed by atoms with Crippen LogP contribution in [-0.4, -0.2) is 45.4 Å². The van der Waals surface area contributed by atoms with Gasteiger partial charge in [0.05, 0.1) is 29.2 Å². The Hall–Kier alpha value is -3.30. The molecule has 4 aromatic rings. The van der Waals surface area contributed by atoms with Gasteiger partial charge >= 0.3 is 5.97 Å². The van der Waals surface area contributed by atoms with E-state index >= 15 is 0 Å². The van der Waals surface area contributed by atoms with Crippen molar-refractivity contribution < 1.29 is 14.3 Å². The second-order valence-corrected chi connectivity index (χ2v) is 9.55. The van der Waals surface area contributed by atoms with Crippen LogP contribution >= 0.6 is 15.9 Å². The summed E-state index contributed by atoms with van der Waals surface area (Å²) in [5.41, 5.74) is 10.8. The van der Waals surface area contributed by atoms with Crippen LogP contribution in [0.3, 0.4) is 0 Å². The van der Waals surface area contributed by atoms with Crippen molar-refractivity contribution in [2.45, 2.75) is 37.2 Å². The van der Waals surface area contributed by atoms with E-state index in [1.165, 1.54) is 7.11 Å². The standard InChI is InChI=1S/C26H26BrN5O3/c1-34-25(33)26(35-2)12-10-17(11-13-26)22-21(27)23(28)32-24(31-22)19(15-30-32)18-8-9-20(29-14-18)16-6-4-3-5-7-16/h3-9,14-15,17H,10-13,28H2,1-2H3/t17-,26+. The number of fused-ring (bicyclic) bond motifs is 1. The number of nitrogen functional groups attached to an aromatic ring is 1. The minimum absolute atomic E-state index is 0.117. The number of esters is 1. The van der Waals surface area contributed by atoms with Crippen LogP contribution in [0, 0.1) is 0 Å². The highest BCUT2D eigenvalue weighted by Crippen LogP contribution is 2.43. The number of hydrogen-bond acceptors (Lipinski definition) is 7. The maximum absolute atomic E-state index is 12.3. The van der Waals surface area contributed by atoms with E-state index in [1.54, 1.807) is 17.8 Å². The van der Waals surface area contributed by atoms with E-state index in [4.69, 9.17) is 20.2 Å². The average Bonchev–Trinajstić information content (AvgIpc) is 3.35. The van der Waals surface area contributed by atoms with Crippen molar-refractivity contribution in [3.8, 4) is 22.4 Å². The maximum Gasteiger partial charge on any atom is 0.338 e. The first-order chi connectivity index (χ1) is 17.0. The number of ether oxygens (including phenoxy) is 2. The van der Waals surface area contributed by atoms with Crippen LogP contribution in [0.4, 0.5) is 5.82 Å². The van der Waals surface area contributed by atoms with Gasteiger partial charge in [-0.05, 0) is 47.7 Å². The molecular weight excluding hydrogens is 510 g/mol. The van der Waals surface area contributed by atoms with Gasteiger partial charge in [0.1, 0.15) is 5.82 Å². The van der Waals surface area contributed by atoms with E-state index in [9.17, 15) is 4.79 Å². The average molecular weight is 536 g/mol. The van der Waals surface area contributed by atoms with Gasteiger partial charge in [0.2, 0.25) is 0 Å². The summed E-state index contributed by atoms with van der Waals surface area (Å²) in [6.07, 6.45) is 6.15. The first-order valence-electron chi connectivity index (χ1n) is 11.5. The van der Waals surface area contributed by atoms with Gasteiger partial charge in [-0.15, -0.1) is 0 Å². The molecule has 35 heavy (non-hydrogen) atoms. The van der Waals surface area contributed by atoms with Crippen molar-refractivity contribution >= 4 is 33.4 Å². The summed E-state index contributed by atoms with van der Waals surface area (Å²) in [4.78, 5) is 22.0. The Balaban J connectivity index is 1.48.